The number of amides is 1. The second-order valence-electron chi connectivity index (χ2n) is 7.76. The van der Waals surface area contributed by atoms with Gasteiger partial charge in [0.25, 0.3) is 0 Å². The van der Waals surface area contributed by atoms with E-state index in [-0.39, 0.29) is 17.6 Å². The normalized spacial score (nSPS) is 13.5. The predicted octanol–water partition coefficient (Wildman–Crippen LogP) is 1.37. The lowest BCUT2D eigenvalue weighted by Gasteiger charge is -2.15. The molecule has 0 radical (unpaired) electrons. The maximum atomic E-state index is 12.6. The maximum Gasteiger partial charge on any atom is 0.239 e. The molecule has 4 rings (SSSR count). The summed E-state index contributed by atoms with van der Waals surface area (Å²) < 4.78 is 31.4. The molecular formula is C21H24BN5O4S2. The van der Waals surface area contributed by atoms with Crippen molar-refractivity contribution in [2.45, 2.75) is 31.4 Å². The molecule has 0 aliphatic heterocycles. The molecule has 9 nitrogen and oxygen atoms in total. The van der Waals surface area contributed by atoms with Gasteiger partial charge in [0.15, 0.2) is 5.13 Å². The number of carbonyl (C=O) groups is 1. The number of aromatic nitrogens is 3. The average molecular weight is 485 g/mol. The van der Waals surface area contributed by atoms with E-state index in [1.165, 1.54) is 22.7 Å². The Morgan fingerprint density at radius 1 is 1.30 bits per heavy atom. The number of hydrogen-bond acceptors (Lipinski definition) is 8. The van der Waals surface area contributed by atoms with Crippen LogP contribution in [-0.2, 0) is 21.2 Å². The first-order chi connectivity index (χ1) is 15.8. The van der Waals surface area contributed by atoms with Crippen molar-refractivity contribution in [1.29, 1.82) is 0 Å². The number of nitrogens with one attached hydrogen (secondary N) is 1. The summed E-state index contributed by atoms with van der Waals surface area (Å²) in [4.78, 5) is 25.5. The fourth-order valence-corrected chi connectivity index (χ4v) is 5.82. The lowest BCUT2D eigenvalue weighted by Crippen LogP contribution is -2.29. The summed E-state index contributed by atoms with van der Waals surface area (Å²) in [5.74, 6) is 0.233. The van der Waals surface area contributed by atoms with Gasteiger partial charge in [0, 0.05) is 23.7 Å². The molecule has 33 heavy (non-hydrogen) atoms. The number of hydrogen-bond donors (Lipinski definition) is 1. The molecule has 0 saturated heterocycles. The van der Waals surface area contributed by atoms with Gasteiger partial charge < -0.3 is 10.1 Å². The first-order valence-corrected chi connectivity index (χ1v) is 12.9. The quantitative estimate of drug-likeness (QED) is 0.456. The smallest absolute Gasteiger partial charge is 0.239 e. The summed E-state index contributed by atoms with van der Waals surface area (Å²) >= 11 is 1.22. The van der Waals surface area contributed by atoms with Crippen LogP contribution >= 0.6 is 11.3 Å². The molecule has 2 aromatic heterocycles. The molecule has 1 saturated carbocycles. The Bertz CT molecular complexity index is 1280. The molecule has 0 atom stereocenters. The van der Waals surface area contributed by atoms with Gasteiger partial charge in [-0.05, 0) is 25.8 Å². The lowest BCUT2D eigenvalue weighted by atomic mass is 9.91. The zero-order valence-corrected chi connectivity index (χ0v) is 20.2. The van der Waals surface area contributed by atoms with Crippen LogP contribution < -0.4 is 19.8 Å². The number of anilines is 2. The van der Waals surface area contributed by atoms with E-state index < -0.39 is 10.0 Å². The molecule has 1 amide bonds. The molecule has 0 unspecified atom stereocenters. The van der Waals surface area contributed by atoms with Gasteiger partial charge in [0.05, 0.1) is 42.1 Å². The number of sulfonamides is 1. The highest BCUT2D eigenvalue weighted by Crippen LogP contribution is 2.33. The average Bonchev–Trinajstić information content (AvgIpc) is 3.56. The monoisotopic (exact) mass is 485 g/mol. The third-order valence-electron chi connectivity index (χ3n) is 5.18. The Labute approximate surface area is 197 Å². The molecule has 1 aliphatic carbocycles. The Hall–Kier alpha value is -2.99. The van der Waals surface area contributed by atoms with Gasteiger partial charge in [-0.1, -0.05) is 17.6 Å². The largest absolute Gasteiger partial charge is 0.477 e. The second-order valence-corrected chi connectivity index (χ2v) is 10.8. The summed E-state index contributed by atoms with van der Waals surface area (Å²) in [6.45, 7) is 2.39. The van der Waals surface area contributed by atoms with E-state index >= 15 is 0 Å². The van der Waals surface area contributed by atoms with Crippen LogP contribution in [0.3, 0.4) is 0 Å². The zero-order chi connectivity index (χ0) is 23.6. The molecule has 2 heterocycles. The molecule has 172 valence electrons. The molecule has 0 spiro atoms. The molecule has 1 aromatic carbocycles. The SMILES string of the molecule is Bc1cc(-c2cncc(OCC)n2)ccc1NC(=O)Cc1csc(N(C)S(=O)(=O)C2CC2)n1. The Kier molecular flexibility index (Phi) is 6.66. The fraction of sp³-hybridized carbons (Fsp3) is 0.333. The van der Waals surface area contributed by atoms with Crippen molar-refractivity contribution in [3.63, 3.8) is 0 Å². The second kappa shape index (κ2) is 9.48. The minimum absolute atomic E-state index is 0.0525. The molecule has 3 aromatic rings. The molecule has 12 heteroatoms. The maximum absolute atomic E-state index is 12.6. The Balaban J connectivity index is 1.41. The van der Waals surface area contributed by atoms with Crippen LogP contribution in [-0.4, -0.2) is 56.0 Å². The highest BCUT2D eigenvalue weighted by molar-refractivity contribution is 7.93. The van der Waals surface area contributed by atoms with E-state index in [4.69, 9.17) is 4.74 Å². The number of ether oxygens (including phenoxy) is 1. The van der Waals surface area contributed by atoms with Crippen molar-refractivity contribution in [1.82, 2.24) is 15.0 Å². The highest BCUT2D eigenvalue weighted by Gasteiger charge is 2.39. The van der Waals surface area contributed by atoms with Gasteiger partial charge in [0.1, 0.15) is 7.85 Å². The topological polar surface area (TPSA) is 114 Å². The van der Waals surface area contributed by atoms with E-state index in [1.54, 1.807) is 17.8 Å². The van der Waals surface area contributed by atoms with Crippen molar-refractivity contribution < 1.29 is 17.9 Å². The lowest BCUT2D eigenvalue weighted by molar-refractivity contribution is -0.115. The summed E-state index contributed by atoms with van der Waals surface area (Å²) in [5, 5.41) is 4.68. The van der Waals surface area contributed by atoms with Crippen molar-refractivity contribution in [2.24, 2.45) is 0 Å². The van der Waals surface area contributed by atoms with Crippen LogP contribution in [0.2, 0.25) is 0 Å². The Morgan fingerprint density at radius 2 is 2.09 bits per heavy atom. The van der Waals surface area contributed by atoms with E-state index in [0.717, 1.165) is 11.0 Å². The molecular weight excluding hydrogens is 461 g/mol. The van der Waals surface area contributed by atoms with Gasteiger partial charge in [-0.25, -0.2) is 22.7 Å². The highest BCUT2D eigenvalue weighted by atomic mass is 32.2. The minimum atomic E-state index is -3.36. The first-order valence-electron chi connectivity index (χ1n) is 10.6. The minimum Gasteiger partial charge on any atom is -0.477 e. The van der Waals surface area contributed by atoms with Crippen molar-refractivity contribution in [2.75, 3.05) is 23.3 Å². The predicted molar refractivity (Wildman–Crippen MR) is 132 cm³/mol. The van der Waals surface area contributed by atoms with Gasteiger partial charge in [-0.15, -0.1) is 11.3 Å². The van der Waals surface area contributed by atoms with Crippen LogP contribution in [0.4, 0.5) is 10.8 Å². The van der Waals surface area contributed by atoms with E-state index in [9.17, 15) is 13.2 Å². The number of thiazole rings is 1. The van der Waals surface area contributed by atoms with Crippen molar-refractivity contribution in [3.8, 4) is 17.1 Å². The summed E-state index contributed by atoms with van der Waals surface area (Å²) in [7, 11) is 0.0520. The van der Waals surface area contributed by atoms with Crippen LogP contribution in [0.25, 0.3) is 11.3 Å². The summed E-state index contributed by atoms with van der Waals surface area (Å²) in [5.41, 5.74) is 3.63. The van der Waals surface area contributed by atoms with E-state index in [1.807, 2.05) is 33.0 Å². The number of benzene rings is 1. The first kappa shape index (κ1) is 23.2. The third-order valence-corrected chi connectivity index (χ3v) is 8.51. The standard InChI is InChI=1S/C21H24BN5O4S2/c1-3-31-20-11-23-10-18(26-20)13-4-7-17(16(22)8-13)25-19(28)9-14-12-32-21(24-14)27(2)33(29,30)15-5-6-15/h4,7-8,10-12,15H,3,5-6,9,22H2,1-2H3,(H,25,28). The van der Waals surface area contributed by atoms with Gasteiger partial charge in [-0.3, -0.25) is 9.78 Å². The van der Waals surface area contributed by atoms with E-state index in [0.29, 0.717) is 47.5 Å². The third kappa shape index (κ3) is 5.33. The molecule has 1 aliphatic rings. The number of rotatable bonds is 9. The van der Waals surface area contributed by atoms with Gasteiger partial charge in [-0.2, -0.15) is 0 Å². The van der Waals surface area contributed by atoms with Crippen LogP contribution in [0.1, 0.15) is 25.5 Å². The van der Waals surface area contributed by atoms with Crippen molar-refractivity contribution in [3.05, 3.63) is 41.7 Å². The van der Waals surface area contributed by atoms with E-state index in [2.05, 4.69) is 20.3 Å². The molecule has 0 bridgehead atoms. The fourth-order valence-electron chi connectivity index (χ4n) is 3.25. The number of nitrogens with zero attached hydrogens (tertiary/aromatic N) is 4. The van der Waals surface area contributed by atoms with Crippen LogP contribution in [0.15, 0.2) is 36.0 Å². The van der Waals surface area contributed by atoms with Crippen molar-refractivity contribution >= 4 is 51.4 Å². The number of carbonyl (C=O) groups excluding carboxylic acids is 1. The molecule has 1 fully saturated rings. The zero-order valence-electron chi connectivity index (χ0n) is 18.6. The van der Waals surface area contributed by atoms with Crippen LogP contribution in [0.5, 0.6) is 5.88 Å². The van der Waals surface area contributed by atoms with Crippen LogP contribution in [0, 0.1) is 0 Å². The summed E-state index contributed by atoms with van der Waals surface area (Å²) in [6.07, 6.45) is 4.66. The molecule has 1 N–H and O–H groups in total. The van der Waals surface area contributed by atoms with Gasteiger partial charge >= 0.3 is 0 Å². The summed E-state index contributed by atoms with van der Waals surface area (Å²) in [6, 6.07) is 5.61. The Morgan fingerprint density at radius 3 is 2.79 bits per heavy atom. The van der Waals surface area contributed by atoms with Gasteiger partial charge in [0.2, 0.25) is 21.8 Å².